The van der Waals surface area contributed by atoms with E-state index in [1.165, 1.54) is 12.8 Å². The highest BCUT2D eigenvalue weighted by atomic mass is 16.2. The molecule has 4 amide bonds. The molecule has 1 aromatic rings. The average Bonchev–Trinajstić information content (AvgIpc) is 2.92. The Bertz CT molecular complexity index is 696. The number of rotatable bonds is 5. The highest BCUT2D eigenvalue weighted by molar-refractivity contribution is 5.95. The van der Waals surface area contributed by atoms with Gasteiger partial charge in [-0.2, -0.15) is 0 Å². The minimum atomic E-state index is -0.314. The summed E-state index contributed by atoms with van der Waals surface area (Å²) in [7, 11) is 0. The van der Waals surface area contributed by atoms with Crippen molar-refractivity contribution in [3.05, 3.63) is 29.8 Å². The van der Waals surface area contributed by atoms with Gasteiger partial charge in [-0.3, -0.25) is 9.59 Å². The van der Waals surface area contributed by atoms with E-state index in [2.05, 4.69) is 10.6 Å². The fourth-order valence-electron chi connectivity index (χ4n) is 3.82. The fraction of sp³-hybridized carbons (Fsp3) is 0.571. The van der Waals surface area contributed by atoms with E-state index in [1.807, 2.05) is 11.8 Å². The van der Waals surface area contributed by atoms with Crippen LogP contribution in [-0.4, -0.2) is 59.9 Å². The van der Waals surface area contributed by atoms with Gasteiger partial charge in [0.2, 0.25) is 5.91 Å². The van der Waals surface area contributed by atoms with Crippen LogP contribution in [0.1, 0.15) is 55.8 Å². The van der Waals surface area contributed by atoms with Crippen molar-refractivity contribution in [1.29, 1.82) is 0 Å². The zero-order valence-electron chi connectivity index (χ0n) is 16.6. The molecule has 152 valence electrons. The molecule has 0 bridgehead atoms. The maximum atomic E-state index is 12.6. The fourth-order valence-corrected chi connectivity index (χ4v) is 3.82. The van der Waals surface area contributed by atoms with E-state index < -0.39 is 0 Å². The smallest absolute Gasteiger partial charge is 0.319 e. The van der Waals surface area contributed by atoms with E-state index >= 15 is 0 Å². The van der Waals surface area contributed by atoms with Gasteiger partial charge in [0, 0.05) is 49.9 Å². The molecule has 2 aliphatic rings. The lowest BCUT2D eigenvalue weighted by molar-refractivity contribution is -0.127. The molecule has 2 heterocycles. The van der Waals surface area contributed by atoms with Crippen LogP contribution in [0.15, 0.2) is 24.3 Å². The molecule has 1 aromatic carbocycles. The molecule has 28 heavy (non-hydrogen) atoms. The molecule has 0 aromatic heterocycles. The second kappa shape index (κ2) is 9.57. The molecule has 2 saturated heterocycles. The molecule has 0 unspecified atom stereocenters. The van der Waals surface area contributed by atoms with Gasteiger partial charge in [-0.1, -0.05) is 12.8 Å². The minimum Gasteiger partial charge on any atom is -0.341 e. The first-order valence-corrected chi connectivity index (χ1v) is 10.3. The second-order valence-corrected chi connectivity index (χ2v) is 7.73. The first kappa shape index (κ1) is 20.2. The number of amides is 4. The standard InChI is InChI=1S/C21H30N4O3/c1-16(15-25-14-6-7-19(25)26)22-21(28)23-18-10-8-17(9-11-18)20(27)24-12-4-2-3-5-13-24/h8-11,16H,2-7,12-15H2,1H3,(H2,22,23,28)/t16-/m1/s1. The van der Waals surface area contributed by atoms with Gasteiger partial charge in [0.15, 0.2) is 0 Å². The highest BCUT2D eigenvalue weighted by Gasteiger charge is 2.22. The first-order chi connectivity index (χ1) is 13.5. The molecule has 0 spiro atoms. The van der Waals surface area contributed by atoms with Crippen LogP contribution in [0.4, 0.5) is 10.5 Å². The molecule has 3 rings (SSSR count). The Morgan fingerprint density at radius 3 is 2.29 bits per heavy atom. The summed E-state index contributed by atoms with van der Waals surface area (Å²) in [4.78, 5) is 40.2. The van der Waals surface area contributed by atoms with Gasteiger partial charge in [-0.15, -0.1) is 0 Å². The predicted molar refractivity (Wildman–Crippen MR) is 108 cm³/mol. The third kappa shape index (κ3) is 5.47. The van der Waals surface area contributed by atoms with Crippen LogP contribution in [0.2, 0.25) is 0 Å². The van der Waals surface area contributed by atoms with Gasteiger partial charge < -0.3 is 20.4 Å². The summed E-state index contributed by atoms with van der Waals surface area (Å²) in [6.45, 7) is 4.81. The molecule has 2 aliphatic heterocycles. The quantitative estimate of drug-likeness (QED) is 0.816. The van der Waals surface area contributed by atoms with Crippen molar-refractivity contribution in [2.75, 3.05) is 31.5 Å². The lowest BCUT2D eigenvalue weighted by Gasteiger charge is -2.22. The number of nitrogens with zero attached hydrogens (tertiary/aromatic N) is 2. The Morgan fingerprint density at radius 1 is 1.00 bits per heavy atom. The van der Waals surface area contributed by atoms with Gasteiger partial charge in [0.1, 0.15) is 0 Å². The number of hydrogen-bond acceptors (Lipinski definition) is 3. The summed E-state index contributed by atoms with van der Waals surface area (Å²) in [5, 5.41) is 5.64. The maximum absolute atomic E-state index is 12.6. The van der Waals surface area contributed by atoms with Crippen LogP contribution in [0, 0.1) is 0 Å². The van der Waals surface area contributed by atoms with Gasteiger partial charge in [-0.05, 0) is 50.5 Å². The lowest BCUT2D eigenvalue weighted by Crippen LogP contribution is -2.44. The summed E-state index contributed by atoms with van der Waals surface area (Å²) >= 11 is 0. The molecular weight excluding hydrogens is 356 g/mol. The number of carbonyl (C=O) groups excluding carboxylic acids is 3. The van der Waals surface area contributed by atoms with E-state index in [0.29, 0.717) is 24.2 Å². The maximum Gasteiger partial charge on any atom is 0.319 e. The number of hydrogen-bond donors (Lipinski definition) is 2. The highest BCUT2D eigenvalue weighted by Crippen LogP contribution is 2.16. The van der Waals surface area contributed by atoms with Crippen molar-refractivity contribution in [2.45, 2.75) is 51.5 Å². The van der Waals surface area contributed by atoms with E-state index in [1.54, 1.807) is 29.2 Å². The number of carbonyl (C=O) groups is 3. The molecule has 0 saturated carbocycles. The van der Waals surface area contributed by atoms with Crippen LogP contribution >= 0.6 is 0 Å². The second-order valence-electron chi connectivity index (χ2n) is 7.73. The summed E-state index contributed by atoms with van der Waals surface area (Å²) < 4.78 is 0. The van der Waals surface area contributed by atoms with Crippen molar-refractivity contribution in [2.24, 2.45) is 0 Å². The number of urea groups is 1. The normalized spacial score (nSPS) is 18.5. The lowest BCUT2D eigenvalue weighted by atomic mass is 10.1. The van der Waals surface area contributed by atoms with E-state index in [0.717, 1.165) is 38.9 Å². The van der Waals surface area contributed by atoms with Gasteiger partial charge in [-0.25, -0.2) is 4.79 Å². The van der Waals surface area contributed by atoms with Crippen LogP contribution in [0.5, 0.6) is 0 Å². The largest absolute Gasteiger partial charge is 0.341 e. The van der Waals surface area contributed by atoms with Crippen molar-refractivity contribution in [3.63, 3.8) is 0 Å². The molecule has 1 atom stereocenters. The number of nitrogens with one attached hydrogen (secondary N) is 2. The average molecular weight is 386 g/mol. The molecule has 7 heteroatoms. The third-order valence-corrected chi connectivity index (χ3v) is 5.33. The third-order valence-electron chi connectivity index (χ3n) is 5.33. The van der Waals surface area contributed by atoms with Crippen molar-refractivity contribution >= 4 is 23.5 Å². The Balaban J connectivity index is 1.48. The predicted octanol–water partition coefficient (Wildman–Crippen LogP) is 2.84. The van der Waals surface area contributed by atoms with Gasteiger partial charge in [0.05, 0.1) is 0 Å². The van der Waals surface area contributed by atoms with E-state index in [-0.39, 0.29) is 23.9 Å². The van der Waals surface area contributed by atoms with Crippen LogP contribution in [0.3, 0.4) is 0 Å². The topological polar surface area (TPSA) is 81.8 Å². The summed E-state index contributed by atoms with van der Waals surface area (Å²) in [6, 6.07) is 6.57. The zero-order chi connectivity index (χ0) is 19.9. The summed E-state index contributed by atoms with van der Waals surface area (Å²) in [5.74, 6) is 0.209. The van der Waals surface area contributed by atoms with Crippen LogP contribution < -0.4 is 10.6 Å². The minimum absolute atomic E-state index is 0.0572. The van der Waals surface area contributed by atoms with Crippen LogP contribution in [0.25, 0.3) is 0 Å². The zero-order valence-corrected chi connectivity index (χ0v) is 16.6. The summed E-state index contributed by atoms with van der Waals surface area (Å²) in [6.07, 6.45) is 5.99. The number of benzene rings is 1. The molecular formula is C21H30N4O3. The molecule has 2 N–H and O–H groups in total. The number of anilines is 1. The van der Waals surface area contributed by atoms with E-state index in [9.17, 15) is 14.4 Å². The molecule has 0 aliphatic carbocycles. The summed E-state index contributed by atoms with van der Waals surface area (Å²) in [5.41, 5.74) is 1.28. The van der Waals surface area contributed by atoms with Gasteiger partial charge >= 0.3 is 6.03 Å². The Hall–Kier alpha value is -2.57. The number of likely N-dealkylation sites (tertiary alicyclic amines) is 2. The Kier molecular flexibility index (Phi) is 6.90. The monoisotopic (exact) mass is 386 g/mol. The molecule has 7 nitrogen and oxygen atoms in total. The van der Waals surface area contributed by atoms with Gasteiger partial charge in [0.25, 0.3) is 5.91 Å². The van der Waals surface area contributed by atoms with E-state index in [4.69, 9.17) is 0 Å². The first-order valence-electron chi connectivity index (χ1n) is 10.3. The molecule has 2 fully saturated rings. The Labute approximate surface area is 166 Å². The van der Waals surface area contributed by atoms with Crippen molar-refractivity contribution in [3.8, 4) is 0 Å². The van der Waals surface area contributed by atoms with Crippen LogP contribution in [-0.2, 0) is 4.79 Å². The molecule has 0 radical (unpaired) electrons. The SMILES string of the molecule is C[C@H](CN1CCCC1=O)NC(=O)Nc1ccc(C(=O)N2CCCCCC2)cc1. The van der Waals surface area contributed by atoms with Crippen molar-refractivity contribution < 1.29 is 14.4 Å². The Morgan fingerprint density at radius 2 is 1.68 bits per heavy atom. The van der Waals surface area contributed by atoms with Crippen molar-refractivity contribution in [1.82, 2.24) is 15.1 Å².